The number of hydrogen-bond donors (Lipinski definition) is 4. The first-order valence-electron chi connectivity index (χ1n) is 10.2. The topological polar surface area (TPSA) is 107 Å². The third kappa shape index (κ3) is 4.43. The molecule has 1 saturated heterocycles. The highest BCUT2D eigenvalue weighted by Gasteiger charge is 2.31. The van der Waals surface area contributed by atoms with E-state index in [-0.39, 0.29) is 6.04 Å². The highest BCUT2D eigenvalue weighted by molar-refractivity contribution is 5.90. The second kappa shape index (κ2) is 8.79. The Hall–Kier alpha value is -3.00. The van der Waals surface area contributed by atoms with Gasteiger partial charge in [0, 0.05) is 54.0 Å². The standard InChI is InChI=1S/C23H27N5O2/c1-15-21(20-4-2-3-5-22(20)26-15)11-19-10-17(24)13-28(19)14-18-8-6-16(12-25-18)7-9-23(29)27-30/h2-9,12,17,19,26,30H,10-11,13-14,24H2,1H3,(H,27,29). The Morgan fingerprint density at radius 2 is 2.20 bits per heavy atom. The Bertz CT molecular complexity index is 1060. The van der Waals surface area contributed by atoms with Gasteiger partial charge >= 0.3 is 0 Å². The van der Waals surface area contributed by atoms with Crippen molar-refractivity contribution in [2.24, 2.45) is 5.73 Å². The van der Waals surface area contributed by atoms with Gasteiger partial charge in [0.2, 0.25) is 0 Å². The number of nitrogens with two attached hydrogens (primary N) is 1. The Balaban J connectivity index is 1.47. The first kappa shape index (κ1) is 20.3. The van der Waals surface area contributed by atoms with Crippen LogP contribution in [0.15, 0.2) is 48.7 Å². The highest BCUT2D eigenvalue weighted by atomic mass is 16.5. The number of fused-ring (bicyclic) bond motifs is 1. The SMILES string of the molecule is Cc1[nH]c2ccccc2c1CC1CC(N)CN1Cc1ccc(C=CC(=O)NO)cn1. The highest BCUT2D eigenvalue weighted by Crippen LogP contribution is 2.28. The lowest BCUT2D eigenvalue weighted by Crippen LogP contribution is -2.32. The molecule has 3 heterocycles. The quantitative estimate of drug-likeness (QED) is 0.286. The number of H-pyrrole nitrogens is 1. The molecule has 0 radical (unpaired) electrons. The van der Waals surface area contributed by atoms with E-state index in [1.807, 2.05) is 12.1 Å². The average molecular weight is 406 g/mol. The minimum Gasteiger partial charge on any atom is -0.358 e. The molecule has 0 saturated carbocycles. The molecule has 0 bridgehead atoms. The van der Waals surface area contributed by atoms with Gasteiger partial charge in [0.15, 0.2) is 0 Å². The molecule has 2 atom stereocenters. The molecule has 1 amide bonds. The lowest BCUT2D eigenvalue weighted by Gasteiger charge is -2.24. The first-order chi connectivity index (χ1) is 14.5. The Morgan fingerprint density at radius 1 is 1.37 bits per heavy atom. The first-order valence-corrected chi connectivity index (χ1v) is 10.2. The van der Waals surface area contributed by atoms with E-state index in [0.29, 0.717) is 6.04 Å². The third-order valence-electron chi connectivity index (χ3n) is 5.78. The summed E-state index contributed by atoms with van der Waals surface area (Å²) in [6, 6.07) is 12.9. The van der Waals surface area contributed by atoms with Gasteiger partial charge in [-0.25, -0.2) is 5.48 Å². The minimum absolute atomic E-state index is 0.166. The number of pyridine rings is 1. The van der Waals surface area contributed by atoms with E-state index in [1.165, 1.54) is 28.2 Å². The van der Waals surface area contributed by atoms with Crippen LogP contribution in [0.5, 0.6) is 0 Å². The number of rotatable bonds is 6. The summed E-state index contributed by atoms with van der Waals surface area (Å²) in [5, 5.41) is 9.83. The van der Waals surface area contributed by atoms with Crippen LogP contribution in [0.3, 0.4) is 0 Å². The minimum atomic E-state index is -0.569. The largest absolute Gasteiger partial charge is 0.358 e. The van der Waals surface area contributed by atoms with Gasteiger partial charge in [-0.05, 0) is 49.1 Å². The average Bonchev–Trinajstić information content (AvgIpc) is 3.26. The van der Waals surface area contributed by atoms with E-state index in [2.05, 4.69) is 46.1 Å². The maximum Gasteiger partial charge on any atom is 0.267 e. The second-order valence-electron chi connectivity index (χ2n) is 7.95. The molecule has 5 N–H and O–H groups in total. The van der Waals surface area contributed by atoms with Crippen molar-refractivity contribution in [3.8, 4) is 0 Å². The van der Waals surface area contributed by atoms with Crippen LogP contribution >= 0.6 is 0 Å². The molecule has 156 valence electrons. The van der Waals surface area contributed by atoms with Crippen LogP contribution in [-0.2, 0) is 17.8 Å². The van der Waals surface area contributed by atoms with Gasteiger partial charge in [0.1, 0.15) is 0 Å². The summed E-state index contributed by atoms with van der Waals surface area (Å²) in [6.45, 7) is 3.73. The molecule has 0 spiro atoms. The van der Waals surface area contributed by atoms with Gasteiger partial charge in [-0.15, -0.1) is 0 Å². The van der Waals surface area contributed by atoms with Gasteiger partial charge in [-0.2, -0.15) is 0 Å². The molecule has 7 heteroatoms. The van der Waals surface area contributed by atoms with Crippen LogP contribution in [-0.4, -0.2) is 44.6 Å². The number of para-hydroxylation sites is 1. The molecule has 3 aromatic rings. The van der Waals surface area contributed by atoms with E-state index in [1.54, 1.807) is 17.8 Å². The number of hydrogen-bond acceptors (Lipinski definition) is 5. The molecular formula is C23H27N5O2. The summed E-state index contributed by atoms with van der Waals surface area (Å²) < 4.78 is 0. The number of benzene rings is 1. The number of carbonyl (C=O) groups excluding carboxylic acids is 1. The van der Waals surface area contributed by atoms with Gasteiger partial charge in [0.05, 0.1) is 5.69 Å². The Morgan fingerprint density at radius 3 is 2.97 bits per heavy atom. The summed E-state index contributed by atoms with van der Waals surface area (Å²) in [5.74, 6) is -0.569. The molecule has 1 aliphatic heterocycles. The van der Waals surface area contributed by atoms with E-state index in [0.717, 1.165) is 37.2 Å². The molecule has 1 fully saturated rings. The van der Waals surface area contributed by atoms with Crippen molar-refractivity contribution < 1.29 is 10.0 Å². The lowest BCUT2D eigenvalue weighted by atomic mass is 10.00. The van der Waals surface area contributed by atoms with Crippen molar-refractivity contribution in [3.63, 3.8) is 0 Å². The molecule has 2 aromatic heterocycles. The fraction of sp³-hybridized carbons (Fsp3) is 0.304. The predicted molar refractivity (Wildman–Crippen MR) is 117 cm³/mol. The van der Waals surface area contributed by atoms with Crippen LogP contribution in [0.25, 0.3) is 17.0 Å². The van der Waals surface area contributed by atoms with Crippen molar-refractivity contribution in [2.75, 3.05) is 6.54 Å². The molecular weight excluding hydrogens is 378 g/mol. The number of amides is 1. The van der Waals surface area contributed by atoms with E-state index in [9.17, 15) is 4.79 Å². The smallest absolute Gasteiger partial charge is 0.267 e. The van der Waals surface area contributed by atoms with Crippen LogP contribution < -0.4 is 11.2 Å². The third-order valence-corrected chi connectivity index (χ3v) is 5.78. The molecule has 7 nitrogen and oxygen atoms in total. The zero-order valence-electron chi connectivity index (χ0n) is 17.0. The molecule has 2 unspecified atom stereocenters. The molecule has 1 aromatic carbocycles. The fourth-order valence-electron chi connectivity index (χ4n) is 4.31. The summed E-state index contributed by atoms with van der Waals surface area (Å²) in [6.07, 6.45) is 6.52. The predicted octanol–water partition coefficient (Wildman–Crippen LogP) is 2.53. The van der Waals surface area contributed by atoms with E-state index in [4.69, 9.17) is 10.9 Å². The maximum atomic E-state index is 11.1. The van der Waals surface area contributed by atoms with Gasteiger partial charge in [-0.1, -0.05) is 24.3 Å². The van der Waals surface area contributed by atoms with E-state index < -0.39 is 5.91 Å². The van der Waals surface area contributed by atoms with Crippen molar-refractivity contribution in [2.45, 2.75) is 38.4 Å². The van der Waals surface area contributed by atoms with Gasteiger partial charge in [0.25, 0.3) is 5.91 Å². The number of nitrogens with zero attached hydrogens (tertiary/aromatic N) is 2. The van der Waals surface area contributed by atoms with Crippen LogP contribution in [0.4, 0.5) is 0 Å². The fourth-order valence-corrected chi connectivity index (χ4v) is 4.31. The number of aryl methyl sites for hydroxylation is 1. The molecule has 4 rings (SSSR count). The zero-order valence-corrected chi connectivity index (χ0v) is 17.0. The number of hydroxylamine groups is 1. The number of aromatic amines is 1. The van der Waals surface area contributed by atoms with Crippen LogP contribution in [0.1, 0.15) is 28.9 Å². The Labute approximate surface area is 175 Å². The Kier molecular flexibility index (Phi) is 5.94. The summed E-state index contributed by atoms with van der Waals surface area (Å²) in [7, 11) is 0. The van der Waals surface area contributed by atoms with Gasteiger partial charge < -0.3 is 10.7 Å². The normalized spacial score (nSPS) is 19.7. The van der Waals surface area contributed by atoms with Crippen molar-refractivity contribution in [3.05, 3.63) is 71.2 Å². The number of nitrogens with one attached hydrogen (secondary N) is 2. The molecule has 0 aliphatic carbocycles. The van der Waals surface area contributed by atoms with Crippen molar-refractivity contribution in [1.82, 2.24) is 20.3 Å². The van der Waals surface area contributed by atoms with Gasteiger partial charge in [-0.3, -0.25) is 19.9 Å². The van der Waals surface area contributed by atoms with E-state index >= 15 is 0 Å². The zero-order chi connectivity index (χ0) is 21.1. The van der Waals surface area contributed by atoms with Crippen molar-refractivity contribution >= 4 is 22.9 Å². The number of carbonyl (C=O) groups is 1. The second-order valence-corrected chi connectivity index (χ2v) is 7.95. The summed E-state index contributed by atoms with van der Waals surface area (Å²) >= 11 is 0. The monoisotopic (exact) mass is 405 g/mol. The lowest BCUT2D eigenvalue weighted by molar-refractivity contribution is -0.124. The summed E-state index contributed by atoms with van der Waals surface area (Å²) in [4.78, 5) is 21.5. The maximum absolute atomic E-state index is 11.1. The van der Waals surface area contributed by atoms with Crippen LogP contribution in [0.2, 0.25) is 0 Å². The van der Waals surface area contributed by atoms with Crippen LogP contribution in [0, 0.1) is 6.92 Å². The van der Waals surface area contributed by atoms with Crippen molar-refractivity contribution in [1.29, 1.82) is 0 Å². The number of aromatic nitrogens is 2. The summed E-state index contributed by atoms with van der Waals surface area (Å²) in [5.41, 5.74) is 13.4. The number of likely N-dealkylation sites (tertiary alicyclic amines) is 1. The molecule has 30 heavy (non-hydrogen) atoms. The molecule has 1 aliphatic rings.